The van der Waals surface area contributed by atoms with E-state index < -0.39 is 0 Å². The summed E-state index contributed by atoms with van der Waals surface area (Å²) in [6.07, 6.45) is 3.77. The van der Waals surface area contributed by atoms with Crippen LogP contribution in [0.5, 0.6) is 5.75 Å². The van der Waals surface area contributed by atoms with Crippen molar-refractivity contribution in [3.05, 3.63) is 62.2 Å². The van der Waals surface area contributed by atoms with Crippen molar-refractivity contribution in [2.24, 2.45) is 0 Å². The van der Waals surface area contributed by atoms with E-state index in [1.54, 1.807) is 23.6 Å². The maximum atomic E-state index is 11.8. The van der Waals surface area contributed by atoms with E-state index in [1.165, 1.54) is 4.88 Å². The molecular formula is C19H19ClN2O2S. The Morgan fingerprint density at radius 1 is 1.28 bits per heavy atom. The number of hydrogen-bond donors (Lipinski definition) is 1. The van der Waals surface area contributed by atoms with Crippen LogP contribution in [0.2, 0.25) is 5.02 Å². The summed E-state index contributed by atoms with van der Waals surface area (Å²) in [6.45, 7) is 3.06. The Labute approximate surface area is 155 Å². The Hall–Kier alpha value is -1.82. The van der Waals surface area contributed by atoms with E-state index in [1.807, 2.05) is 12.1 Å². The lowest BCUT2D eigenvalue weighted by atomic mass is 10.1. The molecule has 130 valence electrons. The van der Waals surface area contributed by atoms with Gasteiger partial charge in [0, 0.05) is 36.1 Å². The summed E-state index contributed by atoms with van der Waals surface area (Å²) in [6, 6.07) is 9.71. The summed E-state index contributed by atoms with van der Waals surface area (Å²) in [7, 11) is 0. The summed E-state index contributed by atoms with van der Waals surface area (Å²) in [5.74, 6) is 0.663. The first-order chi connectivity index (χ1) is 12.2. The second-order valence-electron chi connectivity index (χ2n) is 6.35. The molecule has 1 saturated heterocycles. The molecule has 25 heavy (non-hydrogen) atoms. The van der Waals surface area contributed by atoms with Crippen molar-refractivity contribution < 1.29 is 4.74 Å². The van der Waals surface area contributed by atoms with E-state index in [4.69, 9.17) is 16.3 Å². The predicted octanol–water partition coefficient (Wildman–Crippen LogP) is 4.29. The van der Waals surface area contributed by atoms with E-state index >= 15 is 0 Å². The quantitative estimate of drug-likeness (QED) is 0.741. The van der Waals surface area contributed by atoms with Gasteiger partial charge in [-0.3, -0.25) is 9.69 Å². The molecule has 0 atom stereocenters. The molecule has 3 heterocycles. The van der Waals surface area contributed by atoms with Crippen LogP contribution in [0.4, 0.5) is 0 Å². The molecule has 6 heteroatoms. The van der Waals surface area contributed by atoms with E-state index in [2.05, 4.69) is 27.4 Å². The smallest absolute Gasteiger partial charge is 0.255 e. The maximum Gasteiger partial charge on any atom is 0.255 e. The van der Waals surface area contributed by atoms with Crippen LogP contribution < -0.4 is 10.3 Å². The zero-order valence-electron chi connectivity index (χ0n) is 13.7. The first-order valence-electron chi connectivity index (χ1n) is 8.41. The van der Waals surface area contributed by atoms with Crippen LogP contribution in [0, 0.1) is 0 Å². The molecular weight excluding hydrogens is 356 g/mol. The van der Waals surface area contributed by atoms with Gasteiger partial charge in [-0.25, -0.2) is 0 Å². The molecule has 1 aliphatic heterocycles. The molecule has 1 aliphatic rings. The number of thiophene rings is 1. The molecule has 0 bridgehead atoms. The highest BCUT2D eigenvalue weighted by molar-refractivity contribution is 7.09. The van der Waals surface area contributed by atoms with Crippen molar-refractivity contribution in [3.63, 3.8) is 0 Å². The normalized spacial score (nSPS) is 16.4. The van der Waals surface area contributed by atoms with Crippen molar-refractivity contribution >= 4 is 33.7 Å². The number of ether oxygens (including phenoxy) is 1. The first kappa shape index (κ1) is 16.6. The van der Waals surface area contributed by atoms with Crippen molar-refractivity contribution in [3.8, 4) is 5.75 Å². The highest BCUT2D eigenvalue weighted by Gasteiger charge is 2.22. The number of rotatable bonds is 4. The number of pyridine rings is 1. The van der Waals surface area contributed by atoms with Gasteiger partial charge in [0.15, 0.2) is 0 Å². The maximum absolute atomic E-state index is 11.8. The third-order valence-electron chi connectivity index (χ3n) is 4.61. The Bertz CT molecular complexity index is 915. The van der Waals surface area contributed by atoms with Crippen LogP contribution in [0.3, 0.4) is 0 Å². The van der Waals surface area contributed by atoms with Gasteiger partial charge in [-0.2, -0.15) is 0 Å². The molecule has 1 aromatic carbocycles. The summed E-state index contributed by atoms with van der Waals surface area (Å²) >= 11 is 8.14. The number of benzene rings is 1. The molecule has 4 nitrogen and oxygen atoms in total. The third kappa shape index (κ3) is 3.73. The predicted molar refractivity (Wildman–Crippen MR) is 103 cm³/mol. The molecule has 0 saturated carbocycles. The number of likely N-dealkylation sites (tertiary alicyclic amines) is 1. The van der Waals surface area contributed by atoms with Gasteiger partial charge in [0.25, 0.3) is 5.56 Å². The minimum atomic E-state index is -0.132. The lowest BCUT2D eigenvalue weighted by molar-refractivity contribution is 0.0975. The van der Waals surface area contributed by atoms with Crippen molar-refractivity contribution in [2.45, 2.75) is 25.5 Å². The molecule has 0 unspecified atom stereocenters. The van der Waals surface area contributed by atoms with Gasteiger partial charge >= 0.3 is 0 Å². The zero-order valence-corrected chi connectivity index (χ0v) is 15.3. The summed E-state index contributed by atoms with van der Waals surface area (Å²) in [5, 5.41) is 4.05. The van der Waals surface area contributed by atoms with Crippen LogP contribution in [0.25, 0.3) is 10.8 Å². The Morgan fingerprint density at radius 3 is 2.88 bits per heavy atom. The number of aromatic amines is 1. The minimum Gasteiger partial charge on any atom is -0.489 e. The number of hydrogen-bond acceptors (Lipinski definition) is 4. The number of H-pyrrole nitrogens is 1. The number of nitrogens with zero attached hydrogens (tertiary/aromatic N) is 1. The van der Waals surface area contributed by atoms with E-state index in [9.17, 15) is 4.79 Å². The Kier molecular flexibility index (Phi) is 4.79. The fourth-order valence-corrected chi connectivity index (χ4v) is 4.22. The van der Waals surface area contributed by atoms with Gasteiger partial charge < -0.3 is 9.72 Å². The number of aromatic nitrogens is 1. The monoisotopic (exact) mass is 374 g/mol. The van der Waals surface area contributed by atoms with Gasteiger partial charge in [0.05, 0.1) is 5.02 Å². The topological polar surface area (TPSA) is 45.3 Å². The number of piperidine rings is 1. The zero-order chi connectivity index (χ0) is 17.2. The van der Waals surface area contributed by atoms with Crippen LogP contribution in [0.15, 0.2) is 46.7 Å². The number of fused-ring (bicyclic) bond motifs is 1. The van der Waals surface area contributed by atoms with Crippen LogP contribution >= 0.6 is 22.9 Å². The SMILES string of the molecule is O=c1[nH]ccc2cc(OC3CCN(Cc4cccs4)CC3)c(Cl)cc12. The second kappa shape index (κ2) is 7.20. The second-order valence-corrected chi connectivity index (χ2v) is 7.79. The van der Waals surface area contributed by atoms with Gasteiger partial charge in [-0.05, 0) is 47.9 Å². The highest BCUT2D eigenvalue weighted by atomic mass is 35.5. The van der Waals surface area contributed by atoms with E-state index in [-0.39, 0.29) is 11.7 Å². The number of nitrogens with one attached hydrogen (secondary N) is 1. The molecule has 0 radical (unpaired) electrons. The van der Waals surface area contributed by atoms with Gasteiger partial charge in [-0.1, -0.05) is 17.7 Å². The van der Waals surface area contributed by atoms with Crippen molar-refractivity contribution in [1.82, 2.24) is 9.88 Å². The third-order valence-corrected chi connectivity index (χ3v) is 5.77. The van der Waals surface area contributed by atoms with E-state index in [0.29, 0.717) is 16.2 Å². The van der Waals surface area contributed by atoms with Crippen LogP contribution in [0.1, 0.15) is 17.7 Å². The van der Waals surface area contributed by atoms with Crippen molar-refractivity contribution in [1.29, 1.82) is 0 Å². The lowest BCUT2D eigenvalue weighted by Crippen LogP contribution is -2.37. The lowest BCUT2D eigenvalue weighted by Gasteiger charge is -2.32. The Balaban J connectivity index is 1.42. The average molecular weight is 375 g/mol. The van der Waals surface area contributed by atoms with Gasteiger partial charge in [0.1, 0.15) is 11.9 Å². The van der Waals surface area contributed by atoms with Gasteiger partial charge in [0.2, 0.25) is 0 Å². The summed E-state index contributed by atoms with van der Waals surface area (Å²) in [4.78, 5) is 18.4. The van der Waals surface area contributed by atoms with E-state index in [0.717, 1.165) is 37.9 Å². The first-order valence-corrected chi connectivity index (χ1v) is 9.67. The van der Waals surface area contributed by atoms with Crippen LogP contribution in [-0.2, 0) is 6.54 Å². The molecule has 0 spiro atoms. The molecule has 3 aromatic rings. The Morgan fingerprint density at radius 2 is 2.12 bits per heavy atom. The largest absolute Gasteiger partial charge is 0.489 e. The molecule has 4 rings (SSSR count). The summed E-state index contributed by atoms with van der Waals surface area (Å²) < 4.78 is 6.15. The molecule has 2 aromatic heterocycles. The molecule has 0 amide bonds. The minimum absolute atomic E-state index is 0.132. The highest BCUT2D eigenvalue weighted by Crippen LogP contribution is 2.31. The molecule has 1 N–H and O–H groups in total. The fraction of sp³-hybridized carbons (Fsp3) is 0.316. The van der Waals surface area contributed by atoms with Crippen LogP contribution in [-0.4, -0.2) is 29.1 Å². The fourth-order valence-electron chi connectivity index (χ4n) is 3.27. The standard InChI is InChI=1S/C19H19ClN2O2S/c20-17-11-16-13(3-6-21-19(16)23)10-18(17)24-14-4-7-22(8-5-14)12-15-2-1-9-25-15/h1-3,6,9-11,14H,4-5,7-8,12H2,(H,21,23). The van der Waals surface area contributed by atoms with Crippen molar-refractivity contribution in [2.75, 3.05) is 13.1 Å². The summed E-state index contributed by atoms with van der Waals surface area (Å²) in [5.41, 5.74) is -0.132. The average Bonchev–Trinajstić information content (AvgIpc) is 3.11. The molecule has 1 fully saturated rings. The van der Waals surface area contributed by atoms with Gasteiger partial charge in [-0.15, -0.1) is 11.3 Å². The number of halogens is 1. The molecule has 0 aliphatic carbocycles.